The zero-order valence-corrected chi connectivity index (χ0v) is 12.9. The Hall–Kier alpha value is -2.14. The highest BCUT2D eigenvalue weighted by atomic mass is 32.2. The number of benzene rings is 2. The van der Waals surface area contributed by atoms with Crippen molar-refractivity contribution in [1.29, 1.82) is 0 Å². The van der Waals surface area contributed by atoms with Gasteiger partial charge in [-0.15, -0.1) is 0 Å². The van der Waals surface area contributed by atoms with E-state index >= 15 is 0 Å². The SMILES string of the molecule is COc1cccc(CSC(N)=Nc2ccccc2OC)c1. The third-order valence-corrected chi connectivity index (χ3v) is 3.70. The molecule has 2 rings (SSSR count). The molecule has 0 heterocycles. The number of ether oxygens (including phenoxy) is 2. The van der Waals surface area contributed by atoms with Gasteiger partial charge in [-0.3, -0.25) is 0 Å². The molecule has 0 saturated carbocycles. The van der Waals surface area contributed by atoms with E-state index in [0.29, 0.717) is 10.9 Å². The highest BCUT2D eigenvalue weighted by molar-refractivity contribution is 8.13. The van der Waals surface area contributed by atoms with E-state index in [1.165, 1.54) is 11.8 Å². The first-order valence-corrected chi connectivity index (χ1v) is 7.44. The molecule has 4 nitrogen and oxygen atoms in total. The standard InChI is InChI=1S/C16H18N2O2S/c1-19-13-7-5-6-12(10-13)11-21-16(17)18-14-8-3-4-9-15(14)20-2/h3-10H,11H2,1-2H3,(H2,17,18). The Labute approximate surface area is 129 Å². The average molecular weight is 302 g/mol. The maximum Gasteiger partial charge on any atom is 0.159 e. The van der Waals surface area contributed by atoms with Crippen LogP contribution in [0.15, 0.2) is 53.5 Å². The molecule has 21 heavy (non-hydrogen) atoms. The van der Waals surface area contributed by atoms with E-state index in [0.717, 1.165) is 22.8 Å². The molecular weight excluding hydrogens is 284 g/mol. The van der Waals surface area contributed by atoms with Gasteiger partial charge in [0.25, 0.3) is 0 Å². The molecule has 0 aliphatic rings. The second-order valence-corrected chi connectivity index (χ2v) is 5.26. The van der Waals surface area contributed by atoms with Gasteiger partial charge in [0.05, 0.1) is 14.2 Å². The van der Waals surface area contributed by atoms with Gasteiger partial charge in [-0.1, -0.05) is 36.0 Å². The molecule has 0 aliphatic heterocycles. The zero-order valence-electron chi connectivity index (χ0n) is 12.1. The summed E-state index contributed by atoms with van der Waals surface area (Å²) in [5.74, 6) is 2.29. The number of hydrogen-bond donors (Lipinski definition) is 1. The predicted octanol–water partition coefficient (Wildman–Crippen LogP) is 3.58. The summed E-state index contributed by atoms with van der Waals surface area (Å²) in [6.07, 6.45) is 0. The molecule has 0 radical (unpaired) electrons. The summed E-state index contributed by atoms with van der Waals surface area (Å²) in [6.45, 7) is 0. The summed E-state index contributed by atoms with van der Waals surface area (Å²) >= 11 is 1.48. The first kappa shape index (κ1) is 15.3. The Morgan fingerprint density at radius 1 is 1.10 bits per heavy atom. The van der Waals surface area contributed by atoms with Crippen LogP contribution in [0.4, 0.5) is 5.69 Å². The fourth-order valence-electron chi connectivity index (χ4n) is 1.79. The van der Waals surface area contributed by atoms with Gasteiger partial charge >= 0.3 is 0 Å². The van der Waals surface area contributed by atoms with Gasteiger partial charge in [-0.05, 0) is 29.8 Å². The van der Waals surface area contributed by atoms with Crippen molar-refractivity contribution >= 4 is 22.6 Å². The summed E-state index contributed by atoms with van der Waals surface area (Å²) in [4.78, 5) is 4.39. The number of amidine groups is 1. The van der Waals surface area contributed by atoms with Crippen molar-refractivity contribution in [1.82, 2.24) is 0 Å². The van der Waals surface area contributed by atoms with Crippen LogP contribution in [0.2, 0.25) is 0 Å². The van der Waals surface area contributed by atoms with E-state index in [2.05, 4.69) is 4.99 Å². The number of nitrogens with two attached hydrogens (primary N) is 1. The van der Waals surface area contributed by atoms with Crippen molar-refractivity contribution in [2.24, 2.45) is 10.7 Å². The van der Waals surface area contributed by atoms with Crippen LogP contribution in [0.25, 0.3) is 0 Å². The van der Waals surface area contributed by atoms with Crippen LogP contribution in [0.3, 0.4) is 0 Å². The van der Waals surface area contributed by atoms with E-state index < -0.39 is 0 Å². The molecule has 0 saturated heterocycles. The first-order valence-electron chi connectivity index (χ1n) is 6.46. The van der Waals surface area contributed by atoms with Crippen molar-refractivity contribution in [3.8, 4) is 11.5 Å². The third kappa shape index (κ3) is 4.43. The number of nitrogens with zero attached hydrogens (tertiary/aromatic N) is 1. The molecule has 0 atom stereocenters. The van der Waals surface area contributed by atoms with E-state index in [4.69, 9.17) is 15.2 Å². The van der Waals surface area contributed by atoms with Crippen LogP contribution in [-0.4, -0.2) is 19.4 Å². The number of methoxy groups -OCH3 is 2. The van der Waals surface area contributed by atoms with Crippen LogP contribution in [0, 0.1) is 0 Å². The maximum absolute atomic E-state index is 5.97. The Morgan fingerprint density at radius 3 is 2.67 bits per heavy atom. The van der Waals surface area contributed by atoms with Crippen LogP contribution in [0.1, 0.15) is 5.56 Å². The Morgan fingerprint density at radius 2 is 1.90 bits per heavy atom. The van der Waals surface area contributed by atoms with Gasteiger partial charge in [0.15, 0.2) is 5.17 Å². The van der Waals surface area contributed by atoms with Gasteiger partial charge in [-0.2, -0.15) is 0 Å². The molecular formula is C16H18N2O2S. The molecule has 110 valence electrons. The third-order valence-electron chi connectivity index (χ3n) is 2.84. The number of aliphatic imine (C=N–C) groups is 1. The monoisotopic (exact) mass is 302 g/mol. The second kappa shape index (κ2) is 7.59. The van der Waals surface area contributed by atoms with E-state index in [9.17, 15) is 0 Å². The number of thioether (sulfide) groups is 1. The lowest BCUT2D eigenvalue weighted by molar-refractivity contribution is 0.414. The van der Waals surface area contributed by atoms with E-state index in [1.807, 2.05) is 48.5 Å². The number of hydrogen-bond acceptors (Lipinski definition) is 4. The Bertz CT molecular complexity index is 629. The highest BCUT2D eigenvalue weighted by Crippen LogP contribution is 2.27. The molecule has 0 bridgehead atoms. The summed E-state index contributed by atoms with van der Waals surface area (Å²) in [5.41, 5.74) is 7.84. The molecule has 0 aliphatic carbocycles. The van der Waals surface area contributed by atoms with Crippen molar-refractivity contribution in [3.05, 3.63) is 54.1 Å². The summed E-state index contributed by atoms with van der Waals surface area (Å²) < 4.78 is 10.5. The summed E-state index contributed by atoms with van der Waals surface area (Å²) in [7, 11) is 3.28. The molecule has 0 fully saturated rings. The summed E-state index contributed by atoms with van der Waals surface area (Å²) in [6, 6.07) is 15.4. The van der Waals surface area contributed by atoms with Crippen LogP contribution >= 0.6 is 11.8 Å². The van der Waals surface area contributed by atoms with E-state index in [1.54, 1.807) is 14.2 Å². The fourth-order valence-corrected chi connectivity index (χ4v) is 2.45. The smallest absolute Gasteiger partial charge is 0.159 e. The first-order chi connectivity index (χ1) is 10.2. The molecule has 2 aromatic rings. The second-order valence-electron chi connectivity index (χ2n) is 4.26. The summed E-state index contributed by atoms with van der Waals surface area (Å²) in [5, 5.41) is 0.502. The van der Waals surface area contributed by atoms with Gasteiger partial charge in [0.2, 0.25) is 0 Å². The van der Waals surface area contributed by atoms with Gasteiger partial charge in [-0.25, -0.2) is 4.99 Å². The topological polar surface area (TPSA) is 56.8 Å². The quantitative estimate of drug-likeness (QED) is 0.677. The van der Waals surface area contributed by atoms with Gasteiger partial charge < -0.3 is 15.2 Å². The molecule has 2 N–H and O–H groups in total. The maximum atomic E-state index is 5.97. The van der Waals surface area contributed by atoms with Gasteiger partial charge in [0, 0.05) is 5.75 Å². The number of rotatable bonds is 5. The van der Waals surface area contributed by atoms with Gasteiger partial charge in [0.1, 0.15) is 17.2 Å². The largest absolute Gasteiger partial charge is 0.497 e. The predicted molar refractivity (Wildman–Crippen MR) is 88.6 cm³/mol. The highest BCUT2D eigenvalue weighted by Gasteiger charge is 2.03. The minimum atomic E-state index is 0.502. The zero-order chi connectivity index (χ0) is 15.1. The molecule has 0 spiro atoms. The lowest BCUT2D eigenvalue weighted by atomic mass is 10.2. The van der Waals surface area contributed by atoms with Crippen LogP contribution in [-0.2, 0) is 5.75 Å². The lowest BCUT2D eigenvalue weighted by Crippen LogP contribution is -2.06. The van der Waals surface area contributed by atoms with Crippen molar-refractivity contribution in [2.75, 3.05) is 14.2 Å². The van der Waals surface area contributed by atoms with Crippen LogP contribution < -0.4 is 15.2 Å². The Balaban J connectivity index is 2.03. The number of para-hydroxylation sites is 2. The van der Waals surface area contributed by atoms with Crippen LogP contribution in [0.5, 0.6) is 11.5 Å². The minimum Gasteiger partial charge on any atom is -0.497 e. The Kier molecular flexibility index (Phi) is 5.51. The van der Waals surface area contributed by atoms with Crippen molar-refractivity contribution in [3.63, 3.8) is 0 Å². The van der Waals surface area contributed by atoms with Crippen molar-refractivity contribution < 1.29 is 9.47 Å². The fraction of sp³-hybridized carbons (Fsp3) is 0.188. The normalized spacial score (nSPS) is 11.2. The van der Waals surface area contributed by atoms with Crippen molar-refractivity contribution in [2.45, 2.75) is 5.75 Å². The average Bonchev–Trinajstić information content (AvgIpc) is 2.53. The van der Waals surface area contributed by atoms with E-state index in [-0.39, 0.29) is 0 Å². The molecule has 0 amide bonds. The molecule has 0 aromatic heterocycles. The molecule has 5 heteroatoms. The molecule has 0 unspecified atom stereocenters. The minimum absolute atomic E-state index is 0.502. The molecule has 2 aromatic carbocycles. The lowest BCUT2D eigenvalue weighted by Gasteiger charge is -2.06.